The predicted molar refractivity (Wildman–Crippen MR) is 111 cm³/mol. The molecule has 2 amide bonds. The van der Waals surface area contributed by atoms with E-state index in [1.54, 1.807) is 18.2 Å². The van der Waals surface area contributed by atoms with E-state index in [1.165, 1.54) is 11.3 Å². The average Bonchev–Trinajstić information content (AvgIpc) is 3.10. The quantitative estimate of drug-likeness (QED) is 0.548. The fourth-order valence-electron chi connectivity index (χ4n) is 2.50. The van der Waals surface area contributed by atoms with E-state index in [1.807, 2.05) is 25.1 Å². The van der Waals surface area contributed by atoms with Crippen molar-refractivity contribution in [2.24, 2.45) is 0 Å². The standard InChI is InChI=1S/C22H25NO5S/c1-14-5-11-18(29-14)17(24)10-12-20(26)28-13-19(25)23-21(27)15-6-8-16(9-7-15)22(2,3)4/h5-9,11H,10,12-13H2,1-4H3,(H,23,25,27). The summed E-state index contributed by atoms with van der Waals surface area (Å²) in [6, 6.07) is 10.5. The number of esters is 1. The highest BCUT2D eigenvalue weighted by atomic mass is 32.1. The number of thiophene rings is 1. The first kappa shape index (κ1) is 22.5. The van der Waals surface area contributed by atoms with Gasteiger partial charge in [0.2, 0.25) is 0 Å². The number of rotatable bonds is 7. The van der Waals surface area contributed by atoms with Crippen molar-refractivity contribution < 1.29 is 23.9 Å². The molecule has 2 rings (SSSR count). The zero-order valence-electron chi connectivity index (χ0n) is 17.0. The Kier molecular flexibility index (Phi) is 7.45. The average molecular weight is 416 g/mol. The normalized spacial score (nSPS) is 11.0. The van der Waals surface area contributed by atoms with E-state index in [0.29, 0.717) is 10.4 Å². The van der Waals surface area contributed by atoms with E-state index >= 15 is 0 Å². The summed E-state index contributed by atoms with van der Waals surface area (Å²) in [4.78, 5) is 49.3. The van der Waals surface area contributed by atoms with Gasteiger partial charge < -0.3 is 4.74 Å². The summed E-state index contributed by atoms with van der Waals surface area (Å²) in [6.45, 7) is 7.52. The van der Waals surface area contributed by atoms with Gasteiger partial charge in [-0.05, 0) is 42.2 Å². The lowest BCUT2D eigenvalue weighted by atomic mass is 9.87. The van der Waals surface area contributed by atoms with Crippen LogP contribution < -0.4 is 5.32 Å². The second-order valence-corrected chi connectivity index (χ2v) is 8.99. The molecule has 0 aliphatic heterocycles. The number of carbonyl (C=O) groups excluding carboxylic acids is 4. The molecule has 1 heterocycles. The monoisotopic (exact) mass is 415 g/mol. The Hall–Kier alpha value is -2.80. The van der Waals surface area contributed by atoms with Gasteiger partial charge in [-0.1, -0.05) is 32.9 Å². The van der Waals surface area contributed by atoms with Crippen molar-refractivity contribution in [1.29, 1.82) is 0 Å². The van der Waals surface area contributed by atoms with Gasteiger partial charge in [0, 0.05) is 16.9 Å². The zero-order valence-corrected chi connectivity index (χ0v) is 17.9. The van der Waals surface area contributed by atoms with E-state index in [9.17, 15) is 19.2 Å². The third kappa shape index (κ3) is 6.94. The smallest absolute Gasteiger partial charge is 0.306 e. The molecule has 0 radical (unpaired) electrons. The lowest BCUT2D eigenvalue weighted by Gasteiger charge is -2.18. The van der Waals surface area contributed by atoms with E-state index in [-0.39, 0.29) is 24.0 Å². The zero-order chi connectivity index (χ0) is 21.6. The summed E-state index contributed by atoms with van der Waals surface area (Å²) in [5, 5.41) is 2.18. The number of benzene rings is 1. The molecule has 0 aliphatic rings. The summed E-state index contributed by atoms with van der Waals surface area (Å²) in [5.74, 6) is -2.08. The number of nitrogens with one attached hydrogen (secondary N) is 1. The van der Waals surface area contributed by atoms with Crippen molar-refractivity contribution in [2.75, 3.05) is 6.61 Å². The molecule has 29 heavy (non-hydrogen) atoms. The fourth-order valence-corrected chi connectivity index (χ4v) is 3.33. The second-order valence-electron chi connectivity index (χ2n) is 7.70. The third-order valence-corrected chi connectivity index (χ3v) is 5.24. The van der Waals surface area contributed by atoms with Gasteiger partial charge in [0.05, 0.1) is 11.3 Å². The molecular formula is C22H25NO5S. The van der Waals surface area contributed by atoms with Gasteiger partial charge >= 0.3 is 5.97 Å². The van der Waals surface area contributed by atoms with Crippen LogP contribution >= 0.6 is 11.3 Å². The van der Waals surface area contributed by atoms with Crippen molar-refractivity contribution in [2.45, 2.75) is 46.0 Å². The molecule has 0 bridgehead atoms. The maximum Gasteiger partial charge on any atom is 0.306 e. The maximum absolute atomic E-state index is 12.1. The first-order chi connectivity index (χ1) is 13.6. The third-order valence-electron chi connectivity index (χ3n) is 4.20. The molecule has 0 fully saturated rings. The van der Waals surface area contributed by atoms with Gasteiger partial charge in [-0.25, -0.2) is 0 Å². The highest BCUT2D eigenvalue weighted by Crippen LogP contribution is 2.22. The van der Waals surface area contributed by atoms with Crippen molar-refractivity contribution in [3.63, 3.8) is 0 Å². The van der Waals surface area contributed by atoms with Gasteiger partial charge in [0.15, 0.2) is 12.4 Å². The van der Waals surface area contributed by atoms with Crippen LogP contribution in [0.5, 0.6) is 0 Å². The van der Waals surface area contributed by atoms with Gasteiger partial charge in [-0.2, -0.15) is 0 Å². The molecule has 2 aromatic rings. The van der Waals surface area contributed by atoms with Crippen LogP contribution in [0, 0.1) is 6.92 Å². The molecular weight excluding hydrogens is 390 g/mol. The highest BCUT2D eigenvalue weighted by Gasteiger charge is 2.17. The fraction of sp³-hybridized carbons (Fsp3) is 0.364. The molecule has 7 heteroatoms. The number of ether oxygens (including phenoxy) is 1. The van der Waals surface area contributed by atoms with E-state index in [2.05, 4.69) is 26.1 Å². The molecule has 0 unspecified atom stereocenters. The molecule has 0 saturated heterocycles. The van der Waals surface area contributed by atoms with Gasteiger partial charge in [-0.3, -0.25) is 24.5 Å². The van der Waals surface area contributed by atoms with Crippen LogP contribution in [0.1, 0.15) is 64.1 Å². The van der Waals surface area contributed by atoms with Gasteiger partial charge in [0.1, 0.15) is 0 Å². The lowest BCUT2D eigenvalue weighted by molar-refractivity contribution is -0.148. The summed E-state index contributed by atoms with van der Waals surface area (Å²) in [5.41, 5.74) is 1.37. The topological polar surface area (TPSA) is 89.5 Å². The lowest BCUT2D eigenvalue weighted by Crippen LogP contribution is -2.34. The van der Waals surface area contributed by atoms with Crippen LogP contribution in [0.3, 0.4) is 0 Å². The number of amides is 2. The summed E-state index contributed by atoms with van der Waals surface area (Å²) < 4.78 is 4.84. The molecule has 1 aromatic carbocycles. The summed E-state index contributed by atoms with van der Waals surface area (Å²) >= 11 is 1.37. The molecule has 6 nitrogen and oxygen atoms in total. The number of aryl methyl sites for hydroxylation is 1. The van der Waals surface area contributed by atoms with E-state index < -0.39 is 24.4 Å². The largest absolute Gasteiger partial charge is 0.456 e. The van der Waals surface area contributed by atoms with Crippen molar-refractivity contribution in [3.8, 4) is 0 Å². The number of hydrogen-bond acceptors (Lipinski definition) is 6. The Morgan fingerprint density at radius 3 is 2.17 bits per heavy atom. The van der Waals surface area contributed by atoms with Gasteiger partial charge in [-0.15, -0.1) is 11.3 Å². The maximum atomic E-state index is 12.1. The Morgan fingerprint density at radius 2 is 1.62 bits per heavy atom. The highest BCUT2D eigenvalue weighted by molar-refractivity contribution is 7.14. The molecule has 0 saturated carbocycles. The minimum Gasteiger partial charge on any atom is -0.456 e. The number of hydrogen-bond donors (Lipinski definition) is 1. The van der Waals surface area contributed by atoms with Gasteiger partial charge in [0.25, 0.3) is 11.8 Å². The predicted octanol–water partition coefficient (Wildman–Crippen LogP) is 3.82. The first-order valence-corrected chi connectivity index (χ1v) is 10.1. The van der Waals surface area contributed by atoms with E-state index in [0.717, 1.165) is 10.4 Å². The van der Waals surface area contributed by atoms with Crippen molar-refractivity contribution >= 4 is 34.9 Å². The first-order valence-electron chi connectivity index (χ1n) is 9.26. The number of imide groups is 1. The molecule has 0 aliphatic carbocycles. The van der Waals surface area contributed by atoms with Crippen LogP contribution in [-0.2, 0) is 19.7 Å². The van der Waals surface area contributed by atoms with Crippen LogP contribution in [0.15, 0.2) is 36.4 Å². The SMILES string of the molecule is Cc1ccc(C(=O)CCC(=O)OCC(=O)NC(=O)c2ccc(C(C)(C)C)cc2)s1. The molecule has 1 N–H and O–H groups in total. The van der Waals surface area contributed by atoms with E-state index in [4.69, 9.17) is 4.74 Å². The summed E-state index contributed by atoms with van der Waals surface area (Å²) in [6.07, 6.45) is -0.106. The molecule has 0 atom stereocenters. The molecule has 154 valence electrons. The van der Waals surface area contributed by atoms with Crippen LogP contribution in [0.4, 0.5) is 0 Å². The van der Waals surface area contributed by atoms with Crippen molar-refractivity contribution in [3.05, 3.63) is 57.3 Å². The second kappa shape index (κ2) is 9.60. The number of carbonyl (C=O) groups is 4. The minimum absolute atomic E-state index is 0.0134. The molecule has 1 aromatic heterocycles. The Labute approximate surface area is 174 Å². The number of Topliss-reactive ketones (excluding diaryl/α,β-unsaturated/α-hetero) is 1. The Balaban J connectivity index is 1.75. The molecule has 0 spiro atoms. The minimum atomic E-state index is -0.719. The Bertz CT molecular complexity index is 906. The number of ketones is 1. The summed E-state index contributed by atoms with van der Waals surface area (Å²) in [7, 11) is 0. The van der Waals surface area contributed by atoms with Crippen LogP contribution in [0.25, 0.3) is 0 Å². The van der Waals surface area contributed by atoms with Crippen molar-refractivity contribution in [1.82, 2.24) is 5.32 Å². The van der Waals surface area contributed by atoms with Crippen LogP contribution in [-0.4, -0.2) is 30.2 Å². The van der Waals surface area contributed by atoms with Crippen LogP contribution in [0.2, 0.25) is 0 Å². The Morgan fingerprint density at radius 1 is 0.966 bits per heavy atom.